The molecule has 1 aliphatic rings. The van der Waals surface area contributed by atoms with Crippen LogP contribution in [0.3, 0.4) is 0 Å². The van der Waals surface area contributed by atoms with Gasteiger partial charge in [0.15, 0.2) is 7.28 Å². The SMILES string of the molecule is CCC1CC([B]c2ccccc2)C1. The van der Waals surface area contributed by atoms with E-state index in [1.54, 1.807) is 0 Å². The molecule has 0 spiro atoms. The molecule has 0 saturated heterocycles. The first kappa shape index (κ1) is 8.86. The van der Waals surface area contributed by atoms with Crippen LogP contribution in [-0.4, -0.2) is 7.28 Å². The molecule has 0 atom stereocenters. The van der Waals surface area contributed by atoms with Crippen LogP contribution in [0.2, 0.25) is 5.82 Å². The van der Waals surface area contributed by atoms with Crippen molar-refractivity contribution >= 4 is 12.7 Å². The maximum atomic E-state index is 2.42. The Bertz CT molecular complexity index is 249. The van der Waals surface area contributed by atoms with Crippen molar-refractivity contribution < 1.29 is 0 Å². The molecule has 1 heteroatoms. The molecule has 0 amide bonds. The maximum absolute atomic E-state index is 2.42. The minimum Gasteiger partial charge on any atom is -0.0875 e. The molecule has 13 heavy (non-hydrogen) atoms. The largest absolute Gasteiger partial charge is 0.155 e. The summed E-state index contributed by atoms with van der Waals surface area (Å²) in [6, 6.07) is 10.7. The van der Waals surface area contributed by atoms with Crippen LogP contribution in [0.4, 0.5) is 0 Å². The molecule has 0 aliphatic heterocycles. The van der Waals surface area contributed by atoms with Gasteiger partial charge < -0.3 is 0 Å². The van der Waals surface area contributed by atoms with Crippen LogP contribution in [0.15, 0.2) is 30.3 Å². The minimum absolute atomic E-state index is 0.854. The van der Waals surface area contributed by atoms with E-state index in [2.05, 4.69) is 44.5 Å². The van der Waals surface area contributed by atoms with Gasteiger partial charge in [-0.05, 0) is 5.92 Å². The van der Waals surface area contributed by atoms with Gasteiger partial charge in [0.05, 0.1) is 0 Å². The van der Waals surface area contributed by atoms with Crippen molar-refractivity contribution in [3.05, 3.63) is 30.3 Å². The smallest absolute Gasteiger partial charge is 0.0875 e. The van der Waals surface area contributed by atoms with E-state index in [0.717, 1.165) is 11.7 Å². The van der Waals surface area contributed by atoms with Gasteiger partial charge in [-0.3, -0.25) is 0 Å². The normalized spacial score (nSPS) is 26.5. The van der Waals surface area contributed by atoms with Gasteiger partial charge in [0.2, 0.25) is 0 Å². The van der Waals surface area contributed by atoms with Gasteiger partial charge in [0.1, 0.15) is 0 Å². The summed E-state index contributed by atoms with van der Waals surface area (Å²) < 4.78 is 0. The van der Waals surface area contributed by atoms with Crippen molar-refractivity contribution in [3.63, 3.8) is 0 Å². The highest BCUT2D eigenvalue weighted by Gasteiger charge is 2.27. The van der Waals surface area contributed by atoms with Crippen LogP contribution in [0.5, 0.6) is 0 Å². The summed E-state index contributed by atoms with van der Waals surface area (Å²) in [5.74, 6) is 1.86. The molecule has 1 saturated carbocycles. The standard InChI is InChI=1S/C12H16B/c1-2-10-8-12(9-10)13-11-6-4-3-5-7-11/h3-7,10,12H,2,8-9H2,1H3. The van der Waals surface area contributed by atoms with Crippen molar-refractivity contribution in [1.29, 1.82) is 0 Å². The summed E-state index contributed by atoms with van der Waals surface area (Å²) in [4.78, 5) is 0. The van der Waals surface area contributed by atoms with E-state index in [1.165, 1.54) is 24.7 Å². The Morgan fingerprint density at radius 1 is 1.23 bits per heavy atom. The molecule has 0 N–H and O–H groups in total. The molecular weight excluding hydrogens is 155 g/mol. The number of hydrogen-bond donors (Lipinski definition) is 0. The molecule has 1 aromatic carbocycles. The lowest BCUT2D eigenvalue weighted by Gasteiger charge is -2.34. The highest BCUT2D eigenvalue weighted by Crippen LogP contribution is 2.39. The van der Waals surface area contributed by atoms with Gasteiger partial charge in [-0.15, -0.1) is 0 Å². The van der Waals surface area contributed by atoms with Crippen molar-refractivity contribution in [2.45, 2.75) is 32.0 Å². The average molecular weight is 171 g/mol. The Labute approximate surface area is 81.6 Å². The van der Waals surface area contributed by atoms with E-state index in [-0.39, 0.29) is 0 Å². The molecule has 1 fully saturated rings. The van der Waals surface area contributed by atoms with Gasteiger partial charge in [-0.1, -0.05) is 67.8 Å². The summed E-state index contributed by atoms with van der Waals surface area (Å²) in [5, 5.41) is 0. The first-order valence-corrected chi connectivity index (χ1v) is 5.28. The number of rotatable bonds is 3. The van der Waals surface area contributed by atoms with Gasteiger partial charge in [-0.2, -0.15) is 0 Å². The summed E-state index contributed by atoms with van der Waals surface area (Å²) in [6.45, 7) is 2.30. The zero-order valence-corrected chi connectivity index (χ0v) is 8.24. The molecule has 2 rings (SSSR count). The van der Waals surface area contributed by atoms with E-state index >= 15 is 0 Å². The fourth-order valence-corrected chi connectivity index (χ4v) is 2.09. The molecule has 0 bridgehead atoms. The molecule has 1 aromatic rings. The summed E-state index contributed by atoms with van der Waals surface area (Å²) in [5.41, 5.74) is 1.39. The summed E-state index contributed by atoms with van der Waals surface area (Å²) in [6.07, 6.45) is 4.18. The second kappa shape index (κ2) is 4.00. The van der Waals surface area contributed by atoms with Gasteiger partial charge in [-0.25, -0.2) is 0 Å². The fourth-order valence-electron chi connectivity index (χ4n) is 2.09. The molecule has 1 aliphatic carbocycles. The highest BCUT2D eigenvalue weighted by atomic mass is 14.3. The quantitative estimate of drug-likeness (QED) is 0.613. The second-order valence-electron chi connectivity index (χ2n) is 4.08. The Balaban J connectivity index is 1.81. The van der Waals surface area contributed by atoms with Crippen LogP contribution in [0.1, 0.15) is 26.2 Å². The minimum atomic E-state index is 0.854. The van der Waals surface area contributed by atoms with Crippen LogP contribution in [0, 0.1) is 5.92 Å². The monoisotopic (exact) mass is 171 g/mol. The lowest BCUT2D eigenvalue weighted by atomic mass is 9.49. The van der Waals surface area contributed by atoms with E-state index in [9.17, 15) is 0 Å². The maximum Gasteiger partial charge on any atom is 0.155 e. The van der Waals surface area contributed by atoms with E-state index in [0.29, 0.717) is 0 Å². The Morgan fingerprint density at radius 2 is 1.92 bits per heavy atom. The molecular formula is C12H16B. The predicted molar refractivity (Wildman–Crippen MR) is 58.6 cm³/mol. The van der Waals surface area contributed by atoms with Crippen LogP contribution >= 0.6 is 0 Å². The van der Waals surface area contributed by atoms with E-state index in [1.807, 2.05) is 0 Å². The zero-order chi connectivity index (χ0) is 9.10. The van der Waals surface area contributed by atoms with Crippen molar-refractivity contribution in [2.24, 2.45) is 5.92 Å². The van der Waals surface area contributed by atoms with Gasteiger partial charge in [0.25, 0.3) is 0 Å². The first-order chi connectivity index (χ1) is 6.38. The lowest BCUT2D eigenvalue weighted by molar-refractivity contribution is 0.306. The lowest BCUT2D eigenvalue weighted by Crippen LogP contribution is -2.29. The Hall–Kier alpha value is -0.715. The zero-order valence-electron chi connectivity index (χ0n) is 8.24. The first-order valence-electron chi connectivity index (χ1n) is 5.28. The third-order valence-electron chi connectivity index (χ3n) is 3.08. The molecule has 0 heterocycles. The number of hydrogen-bond acceptors (Lipinski definition) is 0. The Morgan fingerprint density at radius 3 is 2.54 bits per heavy atom. The third kappa shape index (κ3) is 2.15. The molecule has 0 unspecified atom stereocenters. The van der Waals surface area contributed by atoms with Crippen molar-refractivity contribution in [2.75, 3.05) is 0 Å². The van der Waals surface area contributed by atoms with Crippen molar-refractivity contribution in [3.8, 4) is 0 Å². The summed E-state index contributed by atoms with van der Waals surface area (Å²) in [7, 11) is 2.42. The van der Waals surface area contributed by atoms with Crippen molar-refractivity contribution in [1.82, 2.24) is 0 Å². The molecule has 1 radical (unpaired) electrons. The third-order valence-corrected chi connectivity index (χ3v) is 3.08. The summed E-state index contributed by atoms with van der Waals surface area (Å²) >= 11 is 0. The van der Waals surface area contributed by atoms with Gasteiger partial charge >= 0.3 is 0 Å². The van der Waals surface area contributed by atoms with E-state index < -0.39 is 0 Å². The predicted octanol–water partition coefficient (Wildman–Crippen LogP) is 2.62. The van der Waals surface area contributed by atoms with Crippen LogP contribution in [0.25, 0.3) is 0 Å². The van der Waals surface area contributed by atoms with Crippen LogP contribution in [-0.2, 0) is 0 Å². The fraction of sp³-hybridized carbons (Fsp3) is 0.500. The average Bonchev–Trinajstić information content (AvgIpc) is 2.12. The molecule has 67 valence electrons. The van der Waals surface area contributed by atoms with E-state index in [4.69, 9.17) is 0 Å². The second-order valence-corrected chi connectivity index (χ2v) is 4.08. The Kier molecular flexibility index (Phi) is 2.72. The number of benzene rings is 1. The molecule has 0 nitrogen and oxygen atoms in total. The van der Waals surface area contributed by atoms with Gasteiger partial charge in [0, 0.05) is 0 Å². The molecule has 0 aromatic heterocycles. The van der Waals surface area contributed by atoms with Crippen LogP contribution < -0.4 is 5.46 Å². The highest BCUT2D eigenvalue weighted by molar-refractivity contribution is 6.55. The topological polar surface area (TPSA) is 0 Å².